The van der Waals surface area contributed by atoms with E-state index in [4.69, 9.17) is 4.52 Å². The molecule has 0 spiro atoms. The molecule has 1 amide bonds. The Bertz CT molecular complexity index is 1240. The topological polar surface area (TPSA) is 101 Å². The Morgan fingerprint density at radius 1 is 1.12 bits per heavy atom. The molecule has 4 rings (SSSR count). The number of hydrogen-bond acceptors (Lipinski definition) is 5. The normalized spacial score (nSPS) is 15.0. The molecule has 1 fully saturated rings. The van der Waals surface area contributed by atoms with E-state index < -0.39 is 10.0 Å². The van der Waals surface area contributed by atoms with Gasteiger partial charge in [-0.15, -0.1) is 0 Å². The molecule has 2 N–H and O–H groups in total. The summed E-state index contributed by atoms with van der Waals surface area (Å²) in [6.07, 6.45) is 5.33. The van der Waals surface area contributed by atoms with E-state index in [-0.39, 0.29) is 22.6 Å². The Morgan fingerprint density at radius 2 is 1.82 bits per heavy atom. The van der Waals surface area contributed by atoms with Crippen LogP contribution in [0.2, 0.25) is 0 Å². The van der Waals surface area contributed by atoms with E-state index >= 15 is 0 Å². The molecule has 172 valence electrons. The Morgan fingerprint density at radius 3 is 2.48 bits per heavy atom. The van der Waals surface area contributed by atoms with E-state index in [0.717, 1.165) is 24.0 Å². The summed E-state index contributed by atoms with van der Waals surface area (Å²) in [5.41, 5.74) is 3.05. The van der Waals surface area contributed by atoms with Gasteiger partial charge in [-0.25, -0.2) is 13.1 Å². The first-order valence-corrected chi connectivity index (χ1v) is 12.4. The molecular weight excluding hydrogens is 438 g/mol. The molecule has 7 nitrogen and oxygen atoms in total. The average Bonchev–Trinajstić information content (AvgIpc) is 3.62. The Labute approximate surface area is 193 Å². The fraction of sp³-hybridized carbons (Fsp3) is 0.280. The minimum Gasteiger partial charge on any atom is -0.354 e. The molecule has 3 aromatic rings. The number of aromatic nitrogens is 1. The van der Waals surface area contributed by atoms with Crippen molar-refractivity contribution in [2.45, 2.75) is 37.5 Å². The van der Waals surface area contributed by atoms with Gasteiger partial charge in [0.05, 0.1) is 4.90 Å². The summed E-state index contributed by atoms with van der Waals surface area (Å²) in [6.45, 7) is 4.07. The van der Waals surface area contributed by atoms with Gasteiger partial charge in [0.15, 0.2) is 5.76 Å². The third-order valence-electron chi connectivity index (χ3n) is 5.65. The second-order valence-corrected chi connectivity index (χ2v) is 10.1. The fourth-order valence-corrected chi connectivity index (χ4v) is 4.50. The third kappa shape index (κ3) is 5.77. The molecule has 1 atom stereocenters. The summed E-state index contributed by atoms with van der Waals surface area (Å²) < 4.78 is 33.4. The molecule has 1 aliphatic carbocycles. The summed E-state index contributed by atoms with van der Waals surface area (Å²) >= 11 is 0. The van der Waals surface area contributed by atoms with Gasteiger partial charge in [0, 0.05) is 12.5 Å². The largest absolute Gasteiger partial charge is 0.354 e. The van der Waals surface area contributed by atoms with Crippen molar-refractivity contribution in [2.75, 3.05) is 11.9 Å². The van der Waals surface area contributed by atoms with Gasteiger partial charge in [0.25, 0.3) is 0 Å². The van der Waals surface area contributed by atoms with Crippen LogP contribution < -0.4 is 10.0 Å². The number of hydrogen-bond donors (Lipinski definition) is 2. The summed E-state index contributed by atoms with van der Waals surface area (Å²) in [7, 11) is -3.62. The second kappa shape index (κ2) is 9.72. The zero-order valence-electron chi connectivity index (χ0n) is 18.6. The van der Waals surface area contributed by atoms with Gasteiger partial charge in [-0.05, 0) is 55.0 Å². The SMILES string of the molecule is Cc1noc(/C=C\c2ccc(S(=O)(=O)NC[C@H](C)c3ccccc3)cc2)c1NC(=O)C1CC1. The van der Waals surface area contributed by atoms with Crippen LogP contribution in [0.4, 0.5) is 5.69 Å². The number of benzene rings is 2. The molecule has 1 saturated carbocycles. The summed E-state index contributed by atoms with van der Waals surface area (Å²) in [4.78, 5) is 12.3. The van der Waals surface area contributed by atoms with Crippen molar-refractivity contribution in [3.05, 3.63) is 77.2 Å². The summed E-state index contributed by atoms with van der Waals surface area (Å²) in [6, 6.07) is 16.4. The van der Waals surface area contributed by atoms with E-state index in [1.807, 2.05) is 37.3 Å². The van der Waals surface area contributed by atoms with Crippen molar-refractivity contribution in [1.29, 1.82) is 0 Å². The number of anilines is 1. The van der Waals surface area contributed by atoms with Gasteiger partial charge >= 0.3 is 0 Å². The molecule has 33 heavy (non-hydrogen) atoms. The minimum atomic E-state index is -3.62. The first kappa shape index (κ1) is 22.9. The van der Waals surface area contributed by atoms with Crippen molar-refractivity contribution < 1.29 is 17.7 Å². The number of sulfonamides is 1. The number of nitrogens with zero attached hydrogens (tertiary/aromatic N) is 1. The maximum Gasteiger partial charge on any atom is 0.240 e. The van der Waals surface area contributed by atoms with Gasteiger partial charge in [-0.3, -0.25) is 4.79 Å². The highest BCUT2D eigenvalue weighted by Crippen LogP contribution is 2.32. The molecular formula is C25H27N3O4S. The van der Waals surface area contributed by atoms with Crippen LogP contribution in [0.25, 0.3) is 12.2 Å². The van der Waals surface area contributed by atoms with Crippen LogP contribution in [-0.4, -0.2) is 26.0 Å². The van der Waals surface area contributed by atoms with Crippen LogP contribution in [0.3, 0.4) is 0 Å². The van der Waals surface area contributed by atoms with E-state index in [9.17, 15) is 13.2 Å². The lowest BCUT2D eigenvalue weighted by Gasteiger charge is -2.13. The van der Waals surface area contributed by atoms with E-state index in [1.54, 1.807) is 43.3 Å². The van der Waals surface area contributed by atoms with Crippen molar-refractivity contribution in [1.82, 2.24) is 9.88 Å². The second-order valence-electron chi connectivity index (χ2n) is 8.34. The number of nitrogens with one attached hydrogen (secondary N) is 2. The highest BCUT2D eigenvalue weighted by atomic mass is 32.2. The van der Waals surface area contributed by atoms with Gasteiger partial charge < -0.3 is 9.84 Å². The molecule has 0 saturated heterocycles. The lowest BCUT2D eigenvalue weighted by Crippen LogP contribution is -2.27. The molecule has 0 radical (unpaired) electrons. The fourth-order valence-electron chi connectivity index (χ4n) is 3.37. The standard InChI is InChI=1S/C25H27N3O4S/c1-17(20-6-4-3-5-7-20)16-26-33(30,31)22-13-8-19(9-14-22)10-15-23-24(18(2)28-32-23)27-25(29)21-11-12-21/h3-10,13-15,17,21,26H,11-12,16H2,1-2H3,(H,27,29)/b15-10-/t17-/m0/s1. The van der Waals surface area contributed by atoms with Crippen molar-refractivity contribution in [3.8, 4) is 0 Å². The monoisotopic (exact) mass is 465 g/mol. The maximum absolute atomic E-state index is 12.7. The van der Waals surface area contributed by atoms with Crippen LogP contribution in [0.15, 0.2) is 64.0 Å². The minimum absolute atomic E-state index is 0.0143. The predicted octanol–water partition coefficient (Wildman–Crippen LogP) is 4.58. The number of amides is 1. The number of carbonyl (C=O) groups is 1. The van der Waals surface area contributed by atoms with E-state index in [1.165, 1.54) is 0 Å². The zero-order chi connectivity index (χ0) is 23.4. The highest BCUT2D eigenvalue weighted by Gasteiger charge is 2.30. The van der Waals surface area contributed by atoms with E-state index in [2.05, 4.69) is 15.2 Å². The molecule has 1 heterocycles. The zero-order valence-corrected chi connectivity index (χ0v) is 19.4. The summed E-state index contributed by atoms with van der Waals surface area (Å²) in [5, 5.41) is 6.82. The molecule has 1 aromatic heterocycles. The van der Waals surface area contributed by atoms with Gasteiger partial charge in [-0.2, -0.15) is 0 Å². The Balaban J connectivity index is 1.40. The molecule has 2 aromatic carbocycles. The Hall–Kier alpha value is -3.23. The van der Waals surface area contributed by atoms with Crippen LogP contribution in [0, 0.1) is 12.8 Å². The lowest BCUT2D eigenvalue weighted by molar-refractivity contribution is -0.117. The molecule has 1 aliphatic rings. The highest BCUT2D eigenvalue weighted by molar-refractivity contribution is 7.89. The van der Waals surface area contributed by atoms with Crippen molar-refractivity contribution in [2.24, 2.45) is 5.92 Å². The molecule has 0 aliphatic heterocycles. The Kier molecular flexibility index (Phi) is 6.76. The third-order valence-corrected chi connectivity index (χ3v) is 7.09. The van der Waals surface area contributed by atoms with Crippen molar-refractivity contribution in [3.63, 3.8) is 0 Å². The van der Waals surface area contributed by atoms with Crippen LogP contribution in [-0.2, 0) is 14.8 Å². The lowest BCUT2D eigenvalue weighted by atomic mass is 10.0. The van der Waals surface area contributed by atoms with Crippen molar-refractivity contribution >= 4 is 33.8 Å². The number of aryl methyl sites for hydroxylation is 1. The smallest absolute Gasteiger partial charge is 0.240 e. The van der Waals surface area contributed by atoms with Crippen LogP contribution in [0.5, 0.6) is 0 Å². The first-order valence-electron chi connectivity index (χ1n) is 10.9. The average molecular weight is 466 g/mol. The van der Waals surface area contributed by atoms with Gasteiger partial charge in [-0.1, -0.05) is 60.6 Å². The van der Waals surface area contributed by atoms with Gasteiger partial charge in [0.1, 0.15) is 11.4 Å². The predicted molar refractivity (Wildman–Crippen MR) is 128 cm³/mol. The van der Waals surface area contributed by atoms with Gasteiger partial charge in [0.2, 0.25) is 15.9 Å². The number of carbonyl (C=O) groups excluding carboxylic acids is 1. The number of rotatable bonds is 9. The first-order chi connectivity index (χ1) is 15.8. The molecule has 0 bridgehead atoms. The van der Waals surface area contributed by atoms with Crippen LogP contribution in [0.1, 0.15) is 48.3 Å². The van der Waals surface area contributed by atoms with Crippen LogP contribution >= 0.6 is 0 Å². The molecule has 0 unspecified atom stereocenters. The summed E-state index contributed by atoms with van der Waals surface area (Å²) in [5.74, 6) is 0.576. The maximum atomic E-state index is 12.7. The quantitative estimate of drug-likeness (QED) is 0.482. The molecule has 8 heteroatoms. The van der Waals surface area contributed by atoms with E-state index in [0.29, 0.717) is 23.7 Å².